The molecule has 0 unspecified atom stereocenters. The van der Waals surface area contributed by atoms with E-state index in [-0.39, 0.29) is 5.41 Å². The summed E-state index contributed by atoms with van der Waals surface area (Å²) in [5, 5.41) is 9.97. The van der Waals surface area contributed by atoms with E-state index in [1.54, 1.807) is 24.2 Å². The van der Waals surface area contributed by atoms with Crippen LogP contribution in [0.4, 0.5) is 0 Å². The molecule has 0 atom stereocenters. The fourth-order valence-corrected chi connectivity index (χ4v) is 4.03. The Labute approximate surface area is 178 Å². The van der Waals surface area contributed by atoms with Gasteiger partial charge in [0.2, 0.25) is 0 Å². The van der Waals surface area contributed by atoms with Crippen LogP contribution in [0.15, 0.2) is 53.9 Å². The minimum atomic E-state index is 0.178. The van der Waals surface area contributed by atoms with Crippen LogP contribution in [0.1, 0.15) is 38.3 Å². The molecule has 5 nitrogen and oxygen atoms in total. The summed E-state index contributed by atoms with van der Waals surface area (Å²) in [6.45, 7) is 8.66. The minimum Gasteiger partial charge on any atom is -0.309 e. The van der Waals surface area contributed by atoms with Crippen molar-refractivity contribution in [2.24, 2.45) is 0 Å². The number of benzene rings is 1. The molecule has 0 spiro atoms. The number of nitrogens with zero attached hydrogens (tertiary/aromatic N) is 5. The molecule has 0 aliphatic rings. The van der Waals surface area contributed by atoms with Crippen LogP contribution in [0, 0.1) is 0 Å². The first-order chi connectivity index (χ1) is 13.8. The van der Waals surface area contributed by atoms with Gasteiger partial charge in [-0.05, 0) is 55.7 Å². The zero-order valence-electron chi connectivity index (χ0n) is 18.1. The molecule has 0 aliphatic carbocycles. The average molecular weight is 410 g/mol. The van der Waals surface area contributed by atoms with Gasteiger partial charge in [-0.25, -0.2) is 0 Å². The SMILES string of the molecule is CN(C)CCCn1c(SCc2ccc(C(C)(C)C)cc2)nnc1-c1ccncc1. The molecule has 29 heavy (non-hydrogen) atoms. The molecule has 0 saturated carbocycles. The maximum Gasteiger partial charge on any atom is 0.191 e. The Kier molecular flexibility index (Phi) is 7.09. The predicted octanol–water partition coefficient (Wildman–Crippen LogP) is 4.88. The monoisotopic (exact) mass is 409 g/mol. The highest BCUT2D eigenvalue weighted by atomic mass is 32.2. The van der Waals surface area contributed by atoms with Crippen molar-refractivity contribution >= 4 is 11.8 Å². The Morgan fingerprint density at radius 2 is 1.66 bits per heavy atom. The van der Waals surface area contributed by atoms with E-state index < -0.39 is 0 Å². The Bertz CT molecular complexity index is 895. The largest absolute Gasteiger partial charge is 0.309 e. The molecule has 6 heteroatoms. The number of aromatic nitrogens is 4. The average Bonchev–Trinajstić information content (AvgIpc) is 3.09. The molecule has 3 rings (SSSR count). The lowest BCUT2D eigenvalue weighted by molar-refractivity contribution is 0.383. The number of rotatable bonds is 8. The van der Waals surface area contributed by atoms with Gasteiger partial charge in [-0.15, -0.1) is 10.2 Å². The molecule has 3 aromatic rings. The molecule has 0 amide bonds. The molecule has 0 fully saturated rings. The van der Waals surface area contributed by atoms with E-state index in [0.717, 1.165) is 41.8 Å². The van der Waals surface area contributed by atoms with E-state index in [1.807, 2.05) is 12.1 Å². The molecule has 1 aromatic carbocycles. The van der Waals surface area contributed by atoms with Crippen LogP contribution < -0.4 is 0 Å². The van der Waals surface area contributed by atoms with Gasteiger partial charge in [0.1, 0.15) is 0 Å². The van der Waals surface area contributed by atoms with Crippen molar-refractivity contribution in [3.8, 4) is 11.4 Å². The standard InChI is InChI=1S/C23H31N5S/c1-23(2,3)20-9-7-18(8-10-20)17-29-22-26-25-21(19-11-13-24-14-12-19)28(22)16-6-15-27(4)5/h7-14H,6,15-17H2,1-5H3. The summed E-state index contributed by atoms with van der Waals surface area (Å²) in [4.78, 5) is 6.33. The summed E-state index contributed by atoms with van der Waals surface area (Å²) >= 11 is 1.75. The third-order valence-electron chi connectivity index (χ3n) is 4.83. The third-order valence-corrected chi connectivity index (χ3v) is 5.87. The fraction of sp³-hybridized carbons (Fsp3) is 0.435. The summed E-state index contributed by atoms with van der Waals surface area (Å²) in [5.41, 5.74) is 3.89. The molecular weight excluding hydrogens is 378 g/mol. The summed E-state index contributed by atoms with van der Waals surface area (Å²) in [5.74, 6) is 1.80. The molecule has 0 radical (unpaired) electrons. The maximum atomic E-state index is 4.50. The molecule has 2 aromatic heterocycles. The predicted molar refractivity (Wildman–Crippen MR) is 121 cm³/mol. The van der Waals surface area contributed by atoms with Gasteiger partial charge >= 0.3 is 0 Å². The van der Waals surface area contributed by atoms with Crippen LogP contribution in [0.5, 0.6) is 0 Å². The van der Waals surface area contributed by atoms with Crippen molar-refractivity contribution in [1.29, 1.82) is 0 Å². The molecular formula is C23H31N5S. The second kappa shape index (κ2) is 9.55. The van der Waals surface area contributed by atoms with Crippen LogP contribution in [0.2, 0.25) is 0 Å². The highest BCUT2D eigenvalue weighted by molar-refractivity contribution is 7.98. The maximum absolute atomic E-state index is 4.50. The van der Waals surface area contributed by atoms with Crippen LogP contribution in [0.25, 0.3) is 11.4 Å². The van der Waals surface area contributed by atoms with E-state index >= 15 is 0 Å². The lowest BCUT2D eigenvalue weighted by Gasteiger charge is -2.19. The second-order valence-electron chi connectivity index (χ2n) is 8.59. The minimum absolute atomic E-state index is 0.178. The summed E-state index contributed by atoms with van der Waals surface area (Å²) in [6.07, 6.45) is 4.66. The van der Waals surface area contributed by atoms with Crippen molar-refractivity contribution in [2.45, 2.75) is 50.1 Å². The van der Waals surface area contributed by atoms with Crippen LogP contribution >= 0.6 is 11.8 Å². The van der Waals surface area contributed by atoms with Gasteiger partial charge in [0.25, 0.3) is 0 Å². The van der Waals surface area contributed by atoms with Crippen molar-refractivity contribution in [3.05, 3.63) is 59.9 Å². The third kappa shape index (κ3) is 5.90. The molecule has 2 heterocycles. The molecule has 0 aliphatic heterocycles. The zero-order chi connectivity index (χ0) is 20.9. The lowest BCUT2D eigenvalue weighted by atomic mass is 9.87. The van der Waals surface area contributed by atoms with E-state index in [0.29, 0.717) is 0 Å². The fourth-order valence-electron chi connectivity index (χ4n) is 3.11. The van der Waals surface area contributed by atoms with E-state index in [1.165, 1.54) is 11.1 Å². The van der Waals surface area contributed by atoms with Crippen LogP contribution in [-0.2, 0) is 17.7 Å². The van der Waals surface area contributed by atoms with Gasteiger partial charge in [0, 0.05) is 30.3 Å². The Hall–Kier alpha value is -2.18. The van der Waals surface area contributed by atoms with Gasteiger partial charge in [-0.2, -0.15) is 0 Å². The Balaban J connectivity index is 1.76. The summed E-state index contributed by atoms with van der Waals surface area (Å²) in [6, 6.07) is 12.9. The van der Waals surface area contributed by atoms with Crippen LogP contribution in [0.3, 0.4) is 0 Å². The van der Waals surface area contributed by atoms with Gasteiger partial charge in [-0.1, -0.05) is 56.8 Å². The van der Waals surface area contributed by atoms with E-state index in [9.17, 15) is 0 Å². The lowest BCUT2D eigenvalue weighted by Crippen LogP contribution is -2.15. The Morgan fingerprint density at radius 1 is 0.966 bits per heavy atom. The second-order valence-corrected chi connectivity index (χ2v) is 9.53. The smallest absolute Gasteiger partial charge is 0.191 e. The van der Waals surface area contributed by atoms with E-state index in [4.69, 9.17) is 0 Å². The number of hydrogen-bond donors (Lipinski definition) is 0. The number of thioether (sulfide) groups is 1. The topological polar surface area (TPSA) is 46.8 Å². The van der Waals surface area contributed by atoms with Crippen molar-refractivity contribution in [1.82, 2.24) is 24.6 Å². The highest BCUT2D eigenvalue weighted by Gasteiger charge is 2.16. The van der Waals surface area contributed by atoms with Crippen molar-refractivity contribution < 1.29 is 0 Å². The number of hydrogen-bond acceptors (Lipinski definition) is 5. The first kappa shape index (κ1) is 21.5. The number of pyridine rings is 1. The molecule has 0 saturated heterocycles. The first-order valence-electron chi connectivity index (χ1n) is 10.0. The quantitative estimate of drug-likeness (QED) is 0.496. The highest BCUT2D eigenvalue weighted by Crippen LogP contribution is 2.28. The van der Waals surface area contributed by atoms with Gasteiger partial charge in [0.05, 0.1) is 0 Å². The molecule has 154 valence electrons. The van der Waals surface area contributed by atoms with Gasteiger partial charge in [-0.3, -0.25) is 4.98 Å². The summed E-state index contributed by atoms with van der Waals surface area (Å²) < 4.78 is 2.24. The molecule has 0 N–H and O–H groups in total. The Morgan fingerprint density at radius 3 is 2.28 bits per heavy atom. The summed E-state index contributed by atoms with van der Waals surface area (Å²) in [7, 11) is 4.21. The molecule has 0 bridgehead atoms. The van der Waals surface area contributed by atoms with Crippen molar-refractivity contribution in [2.75, 3.05) is 20.6 Å². The van der Waals surface area contributed by atoms with Crippen molar-refractivity contribution in [3.63, 3.8) is 0 Å². The first-order valence-corrected chi connectivity index (χ1v) is 11.0. The zero-order valence-corrected chi connectivity index (χ0v) is 18.9. The van der Waals surface area contributed by atoms with E-state index in [2.05, 4.69) is 83.8 Å². The van der Waals surface area contributed by atoms with Gasteiger partial charge in [0.15, 0.2) is 11.0 Å². The van der Waals surface area contributed by atoms with Gasteiger partial charge < -0.3 is 9.47 Å². The normalized spacial score (nSPS) is 11.9. The van der Waals surface area contributed by atoms with Crippen LogP contribution in [-0.4, -0.2) is 45.3 Å².